The number of aliphatic hydroxyl groups excluding tert-OH is 1. The lowest BCUT2D eigenvalue weighted by Crippen LogP contribution is -2.25. The Morgan fingerprint density at radius 1 is 1.35 bits per heavy atom. The number of hydrogen-bond donors (Lipinski definition) is 2. The SMILES string of the molecule is OC(CNCCC1CCCO1)c1ccccc1. The van der Waals surface area contributed by atoms with E-state index in [1.54, 1.807) is 0 Å². The Hall–Kier alpha value is -0.900. The van der Waals surface area contributed by atoms with Crippen molar-refractivity contribution in [1.29, 1.82) is 0 Å². The standard InChI is InChI=1S/C14H21NO2/c16-14(12-5-2-1-3-6-12)11-15-9-8-13-7-4-10-17-13/h1-3,5-6,13-16H,4,7-11H2. The predicted octanol–water partition coefficient (Wildman–Crippen LogP) is 1.88. The van der Waals surface area contributed by atoms with Gasteiger partial charge in [-0.3, -0.25) is 0 Å². The second kappa shape index (κ2) is 6.74. The molecule has 1 aromatic carbocycles. The highest BCUT2D eigenvalue weighted by Gasteiger charge is 2.14. The van der Waals surface area contributed by atoms with Gasteiger partial charge in [-0.2, -0.15) is 0 Å². The second-order valence-electron chi connectivity index (χ2n) is 4.55. The highest BCUT2D eigenvalue weighted by Crippen LogP contribution is 2.15. The summed E-state index contributed by atoms with van der Waals surface area (Å²) in [6.45, 7) is 2.43. The molecule has 0 aliphatic carbocycles. The fourth-order valence-electron chi connectivity index (χ4n) is 2.17. The van der Waals surface area contributed by atoms with Gasteiger partial charge in [-0.25, -0.2) is 0 Å². The van der Waals surface area contributed by atoms with Crippen molar-refractivity contribution in [2.75, 3.05) is 19.7 Å². The van der Waals surface area contributed by atoms with Crippen molar-refractivity contribution in [2.24, 2.45) is 0 Å². The molecule has 2 rings (SSSR count). The highest BCUT2D eigenvalue weighted by atomic mass is 16.5. The molecule has 94 valence electrons. The average Bonchev–Trinajstić information content (AvgIpc) is 2.88. The molecule has 3 nitrogen and oxygen atoms in total. The molecule has 1 fully saturated rings. The van der Waals surface area contributed by atoms with Gasteiger partial charge in [0.15, 0.2) is 0 Å². The van der Waals surface area contributed by atoms with E-state index in [1.165, 1.54) is 12.8 Å². The summed E-state index contributed by atoms with van der Waals surface area (Å²) in [7, 11) is 0. The summed E-state index contributed by atoms with van der Waals surface area (Å²) in [6, 6.07) is 9.76. The van der Waals surface area contributed by atoms with Crippen molar-refractivity contribution in [3.05, 3.63) is 35.9 Å². The molecule has 0 radical (unpaired) electrons. The second-order valence-corrected chi connectivity index (χ2v) is 4.55. The van der Waals surface area contributed by atoms with Crippen LogP contribution in [0.15, 0.2) is 30.3 Å². The molecule has 1 heterocycles. The molecule has 2 atom stereocenters. The average molecular weight is 235 g/mol. The zero-order valence-corrected chi connectivity index (χ0v) is 10.1. The first-order chi connectivity index (χ1) is 8.36. The Kier molecular flexibility index (Phi) is 4.98. The number of aliphatic hydroxyl groups is 1. The van der Waals surface area contributed by atoms with E-state index >= 15 is 0 Å². The van der Waals surface area contributed by atoms with Crippen molar-refractivity contribution < 1.29 is 9.84 Å². The molecule has 1 saturated heterocycles. The zero-order valence-electron chi connectivity index (χ0n) is 10.1. The number of hydrogen-bond acceptors (Lipinski definition) is 3. The summed E-state index contributed by atoms with van der Waals surface area (Å²) in [6.07, 6.45) is 3.43. The maximum atomic E-state index is 9.92. The molecule has 1 aromatic rings. The van der Waals surface area contributed by atoms with Gasteiger partial charge >= 0.3 is 0 Å². The topological polar surface area (TPSA) is 41.5 Å². The van der Waals surface area contributed by atoms with Crippen LogP contribution in [-0.4, -0.2) is 30.9 Å². The highest BCUT2D eigenvalue weighted by molar-refractivity contribution is 5.17. The summed E-state index contributed by atoms with van der Waals surface area (Å²) >= 11 is 0. The normalized spacial score (nSPS) is 21.6. The van der Waals surface area contributed by atoms with Crippen molar-refractivity contribution >= 4 is 0 Å². The van der Waals surface area contributed by atoms with Gasteiger partial charge in [-0.05, 0) is 31.4 Å². The third-order valence-corrected chi connectivity index (χ3v) is 3.19. The van der Waals surface area contributed by atoms with E-state index in [2.05, 4.69) is 5.32 Å². The molecule has 0 bridgehead atoms. The summed E-state index contributed by atoms with van der Waals surface area (Å²) in [5.74, 6) is 0. The molecule has 3 heteroatoms. The largest absolute Gasteiger partial charge is 0.387 e. The fraction of sp³-hybridized carbons (Fsp3) is 0.571. The molecule has 0 spiro atoms. The summed E-state index contributed by atoms with van der Waals surface area (Å²) in [5, 5.41) is 13.2. The van der Waals surface area contributed by atoms with Crippen LogP contribution in [0.25, 0.3) is 0 Å². The number of rotatable bonds is 6. The lowest BCUT2D eigenvalue weighted by molar-refractivity contribution is 0.102. The zero-order chi connectivity index (χ0) is 11.9. The minimum Gasteiger partial charge on any atom is -0.387 e. The smallest absolute Gasteiger partial charge is 0.0914 e. The van der Waals surface area contributed by atoms with E-state index in [9.17, 15) is 5.11 Å². The number of benzene rings is 1. The van der Waals surface area contributed by atoms with Gasteiger partial charge in [0.25, 0.3) is 0 Å². The maximum absolute atomic E-state index is 9.92. The van der Waals surface area contributed by atoms with Crippen molar-refractivity contribution in [3.63, 3.8) is 0 Å². The van der Waals surface area contributed by atoms with Crippen molar-refractivity contribution in [2.45, 2.75) is 31.5 Å². The Bertz CT molecular complexity index is 309. The van der Waals surface area contributed by atoms with Crippen LogP contribution in [0.5, 0.6) is 0 Å². The van der Waals surface area contributed by atoms with Crippen LogP contribution in [0.4, 0.5) is 0 Å². The first-order valence-electron chi connectivity index (χ1n) is 6.41. The van der Waals surface area contributed by atoms with E-state index in [4.69, 9.17) is 4.74 Å². The molecule has 0 amide bonds. The summed E-state index contributed by atoms with van der Waals surface area (Å²) < 4.78 is 5.54. The first-order valence-corrected chi connectivity index (χ1v) is 6.41. The third-order valence-electron chi connectivity index (χ3n) is 3.19. The molecule has 2 unspecified atom stereocenters. The Labute approximate surface area is 103 Å². The van der Waals surface area contributed by atoms with Crippen LogP contribution in [0.2, 0.25) is 0 Å². The quantitative estimate of drug-likeness (QED) is 0.740. The number of nitrogens with one attached hydrogen (secondary N) is 1. The number of ether oxygens (including phenoxy) is 1. The predicted molar refractivity (Wildman–Crippen MR) is 67.9 cm³/mol. The molecule has 17 heavy (non-hydrogen) atoms. The Morgan fingerprint density at radius 3 is 2.88 bits per heavy atom. The van der Waals surface area contributed by atoms with Crippen molar-refractivity contribution in [3.8, 4) is 0 Å². The van der Waals surface area contributed by atoms with E-state index in [-0.39, 0.29) is 0 Å². The van der Waals surface area contributed by atoms with Crippen LogP contribution in [0.1, 0.15) is 30.9 Å². The van der Waals surface area contributed by atoms with Crippen LogP contribution >= 0.6 is 0 Å². The molecule has 0 saturated carbocycles. The molecule has 0 aromatic heterocycles. The van der Waals surface area contributed by atoms with Crippen LogP contribution in [0.3, 0.4) is 0 Å². The van der Waals surface area contributed by atoms with E-state index in [0.717, 1.165) is 25.1 Å². The Balaban J connectivity index is 1.61. The van der Waals surface area contributed by atoms with Gasteiger partial charge in [0.1, 0.15) is 0 Å². The van der Waals surface area contributed by atoms with E-state index in [0.29, 0.717) is 12.6 Å². The molecular weight excluding hydrogens is 214 g/mol. The third kappa shape index (κ3) is 4.11. The lowest BCUT2D eigenvalue weighted by Gasteiger charge is -2.13. The van der Waals surface area contributed by atoms with Gasteiger partial charge in [-0.15, -0.1) is 0 Å². The molecular formula is C14H21NO2. The monoisotopic (exact) mass is 235 g/mol. The van der Waals surface area contributed by atoms with Gasteiger partial charge < -0.3 is 15.2 Å². The van der Waals surface area contributed by atoms with Crippen LogP contribution in [0, 0.1) is 0 Å². The summed E-state index contributed by atoms with van der Waals surface area (Å²) in [4.78, 5) is 0. The van der Waals surface area contributed by atoms with E-state index in [1.807, 2.05) is 30.3 Å². The first kappa shape index (κ1) is 12.6. The molecule has 1 aliphatic rings. The fourth-order valence-corrected chi connectivity index (χ4v) is 2.17. The van der Waals surface area contributed by atoms with Crippen LogP contribution < -0.4 is 5.32 Å². The van der Waals surface area contributed by atoms with Gasteiger partial charge in [0.05, 0.1) is 12.2 Å². The van der Waals surface area contributed by atoms with Gasteiger partial charge in [-0.1, -0.05) is 30.3 Å². The minimum atomic E-state index is -0.416. The van der Waals surface area contributed by atoms with Crippen molar-refractivity contribution in [1.82, 2.24) is 5.32 Å². The maximum Gasteiger partial charge on any atom is 0.0914 e. The molecule has 2 N–H and O–H groups in total. The lowest BCUT2D eigenvalue weighted by atomic mass is 10.1. The summed E-state index contributed by atoms with van der Waals surface area (Å²) in [5.41, 5.74) is 0.970. The van der Waals surface area contributed by atoms with E-state index < -0.39 is 6.10 Å². The Morgan fingerprint density at radius 2 is 2.18 bits per heavy atom. The van der Waals surface area contributed by atoms with Gasteiger partial charge in [0, 0.05) is 13.2 Å². The van der Waals surface area contributed by atoms with Crippen LogP contribution in [-0.2, 0) is 4.74 Å². The molecule has 1 aliphatic heterocycles. The van der Waals surface area contributed by atoms with Gasteiger partial charge in [0.2, 0.25) is 0 Å². The minimum absolute atomic E-state index is 0.416.